The summed E-state index contributed by atoms with van der Waals surface area (Å²) in [5.41, 5.74) is 2.27. The molecule has 2 aromatic rings. The first kappa shape index (κ1) is 21.0. The summed E-state index contributed by atoms with van der Waals surface area (Å²) < 4.78 is 0. The monoisotopic (exact) mass is 391 g/mol. The van der Waals surface area contributed by atoms with E-state index in [1.54, 1.807) is 15.1 Å². The summed E-state index contributed by atoms with van der Waals surface area (Å²) in [6.45, 7) is 21.6. The van der Waals surface area contributed by atoms with Gasteiger partial charge < -0.3 is 0 Å². The van der Waals surface area contributed by atoms with Gasteiger partial charge in [-0.2, -0.15) is 0 Å². The van der Waals surface area contributed by atoms with Crippen molar-refractivity contribution in [1.82, 2.24) is 0 Å². The summed E-state index contributed by atoms with van der Waals surface area (Å²) >= 11 is 0. The fraction of sp³-hybridized carbons (Fsp3) is 0.591. The molecule has 136 valence electrons. The second-order valence-corrected chi connectivity index (χ2v) is 15.4. The van der Waals surface area contributed by atoms with E-state index in [0.29, 0.717) is 0 Å². The van der Waals surface area contributed by atoms with E-state index in [9.17, 15) is 0 Å². The SMILES string of the molecule is CC(C)(C)c1pc(C(C)(C)C)[p+](Cc2ccccc2)c(C(C)(C)C)p1. The van der Waals surface area contributed by atoms with Crippen molar-refractivity contribution in [2.75, 3.05) is 0 Å². The molecule has 0 atom stereocenters. The molecule has 0 saturated heterocycles. The molecule has 2 rings (SSSR count). The minimum absolute atomic E-state index is 0.237. The van der Waals surface area contributed by atoms with Gasteiger partial charge in [0.25, 0.3) is 0 Å². The van der Waals surface area contributed by atoms with Crippen molar-refractivity contribution in [2.45, 2.75) is 84.7 Å². The number of hydrogen-bond acceptors (Lipinski definition) is 0. The molecule has 0 aliphatic carbocycles. The maximum absolute atomic E-state index is 2.42. The standard InChI is InChI=1S/C22H34P3/c1-20(2,3)17-23-18(21(4,5)6)25(19(24-17)22(7,8)9)15-16-13-11-10-12-14-16/h10-14H,15H2,1-9H3/q+1. The fourth-order valence-corrected chi connectivity index (χ4v) is 11.4. The van der Waals surface area contributed by atoms with E-state index in [1.165, 1.54) is 28.1 Å². The first-order valence-electron chi connectivity index (χ1n) is 9.17. The first-order valence-corrected chi connectivity index (χ1v) is 12.5. The van der Waals surface area contributed by atoms with Crippen LogP contribution in [0.3, 0.4) is 0 Å². The highest BCUT2D eigenvalue weighted by atomic mass is 31.1. The Morgan fingerprint density at radius 3 is 1.48 bits per heavy atom. The summed E-state index contributed by atoms with van der Waals surface area (Å²) in [7, 11) is 2.80. The lowest BCUT2D eigenvalue weighted by atomic mass is 10.00. The quantitative estimate of drug-likeness (QED) is 0.479. The zero-order chi connectivity index (χ0) is 19.0. The Morgan fingerprint density at radius 2 is 1.12 bits per heavy atom. The molecule has 0 unspecified atom stereocenters. The summed E-state index contributed by atoms with van der Waals surface area (Å²) in [4.78, 5) is 0. The predicted molar refractivity (Wildman–Crippen MR) is 120 cm³/mol. The van der Waals surface area contributed by atoms with Crippen LogP contribution in [0, 0.1) is 0 Å². The summed E-state index contributed by atoms with van der Waals surface area (Å²) in [5, 5.41) is 5.20. The predicted octanol–water partition coefficient (Wildman–Crippen LogP) is 9.06. The van der Waals surface area contributed by atoms with Crippen molar-refractivity contribution in [3.63, 3.8) is 0 Å². The molecule has 25 heavy (non-hydrogen) atoms. The second kappa shape index (κ2) is 7.39. The van der Waals surface area contributed by atoms with Crippen LogP contribution in [-0.4, -0.2) is 0 Å². The van der Waals surface area contributed by atoms with Gasteiger partial charge >= 0.3 is 0 Å². The van der Waals surface area contributed by atoms with Crippen molar-refractivity contribution >= 4 is 23.9 Å². The molecule has 1 aromatic heterocycles. The molecule has 1 aromatic carbocycles. The smallest absolute Gasteiger partial charge is 0.0622 e. The zero-order valence-electron chi connectivity index (χ0n) is 17.4. The fourth-order valence-electron chi connectivity index (χ4n) is 2.84. The lowest BCUT2D eigenvalue weighted by Crippen LogP contribution is -2.16. The van der Waals surface area contributed by atoms with E-state index in [2.05, 4.69) is 92.6 Å². The molecule has 0 nitrogen and oxygen atoms in total. The molecule has 3 heteroatoms. The highest BCUT2D eigenvalue weighted by molar-refractivity contribution is 7.69. The number of hydrogen-bond donors (Lipinski definition) is 0. The van der Waals surface area contributed by atoms with Crippen LogP contribution in [0.25, 0.3) is 0 Å². The maximum Gasteiger partial charge on any atom is 0.140 e. The molecule has 1 heterocycles. The molecule has 0 radical (unpaired) electrons. The molecular formula is C22H34P3+. The largest absolute Gasteiger partial charge is 0.140 e. The van der Waals surface area contributed by atoms with Crippen LogP contribution < -0.4 is 0 Å². The van der Waals surface area contributed by atoms with E-state index in [4.69, 9.17) is 0 Å². The van der Waals surface area contributed by atoms with Gasteiger partial charge in [0.15, 0.2) is 0 Å². The molecule has 0 N–H and O–H groups in total. The van der Waals surface area contributed by atoms with E-state index in [1.807, 2.05) is 0 Å². The third kappa shape index (κ3) is 5.36. The third-order valence-corrected chi connectivity index (χ3v) is 13.4. The van der Waals surface area contributed by atoms with Gasteiger partial charge in [-0.15, -0.1) is 0 Å². The Labute approximate surface area is 159 Å². The highest BCUT2D eigenvalue weighted by Gasteiger charge is 2.37. The normalized spacial score (nSPS) is 14.5. The van der Waals surface area contributed by atoms with Crippen molar-refractivity contribution < 1.29 is 0 Å². The van der Waals surface area contributed by atoms with E-state index >= 15 is 0 Å². The average Bonchev–Trinajstić information content (AvgIpc) is 2.45. The van der Waals surface area contributed by atoms with Crippen LogP contribution in [0.1, 0.15) is 83.0 Å². The molecule has 0 saturated carbocycles. The summed E-state index contributed by atoms with van der Waals surface area (Å²) in [6.07, 6.45) is 1.20. The van der Waals surface area contributed by atoms with Gasteiger partial charge in [0.05, 0.1) is 6.16 Å². The summed E-state index contributed by atoms with van der Waals surface area (Å²) in [5.74, 6) is 0. The van der Waals surface area contributed by atoms with E-state index in [-0.39, 0.29) is 23.8 Å². The van der Waals surface area contributed by atoms with Crippen molar-refractivity contribution in [3.05, 3.63) is 51.0 Å². The van der Waals surface area contributed by atoms with E-state index in [0.717, 1.165) is 0 Å². The third-order valence-electron chi connectivity index (χ3n) is 4.13. The molecule has 0 aliphatic rings. The molecule has 0 spiro atoms. The number of benzene rings is 1. The van der Waals surface area contributed by atoms with Gasteiger partial charge in [0, 0.05) is 23.8 Å². The van der Waals surface area contributed by atoms with Gasteiger partial charge in [0.2, 0.25) is 0 Å². The van der Waals surface area contributed by atoms with Gasteiger partial charge in [-0.1, -0.05) is 92.6 Å². The Morgan fingerprint density at radius 1 is 0.680 bits per heavy atom. The van der Waals surface area contributed by atoms with Crippen molar-refractivity contribution in [2.24, 2.45) is 0 Å². The van der Waals surface area contributed by atoms with Crippen LogP contribution in [0.5, 0.6) is 0 Å². The minimum Gasteiger partial charge on any atom is -0.0622 e. The zero-order valence-corrected chi connectivity index (χ0v) is 20.1. The van der Waals surface area contributed by atoms with E-state index < -0.39 is 0 Å². The lowest BCUT2D eigenvalue weighted by molar-refractivity contribution is 0.600. The minimum atomic E-state index is -0.237. The maximum atomic E-state index is 2.42. The van der Waals surface area contributed by atoms with Crippen LogP contribution in [0.15, 0.2) is 30.3 Å². The van der Waals surface area contributed by atoms with Crippen LogP contribution in [-0.2, 0) is 22.4 Å². The average molecular weight is 391 g/mol. The molecule has 0 amide bonds. The van der Waals surface area contributed by atoms with Crippen molar-refractivity contribution in [1.29, 1.82) is 0 Å². The number of rotatable bonds is 2. The topological polar surface area (TPSA) is 0 Å². The molecular weight excluding hydrogens is 357 g/mol. The van der Waals surface area contributed by atoms with Gasteiger partial charge in [-0.05, 0) is 5.56 Å². The Bertz CT molecular complexity index is 692. The van der Waals surface area contributed by atoms with Crippen LogP contribution in [0.4, 0.5) is 0 Å². The van der Waals surface area contributed by atoms with Gasteiger partial charge in [-0.25, -0.2) is 0 Å². The Balaban J connectivity index is 2.77. The molecule has 0 fully saturated rings. The molecule has 0 aliphatic heterocycles. The van der Waals surface area contributed by atoms with Crippen LogP contribution >= 0.6 is 23.9 Å². The lowest BCUT2D eigenvalue weighted by Gasteiger charge is -2.26. The van der Waals surface area contributed by atoms with Crippen LogP contribution in [0.2, 0.25) is 0 Å². The first-order chi connectivity index (χ1) is 11.3. The van der Waals surface area contributed by atoms with Gasteiger partial charge in [-0.3, -0.25) is 0 Å². The van der Waals surface area contributed by atoms with Crippen molar-refractivity contribution in [3.8, 4) is 0 Å². The van der Waals surface area contributed by atoms with Gasteiger partial charge in [0.1, 0.15) is 31.5 Å². The molecule has 0 bridgehead atoms. The Kier molecular flexibility index (Phi) is 6.22. The Hall–Kier alpha value is -0.270. The summed E-state index contributed by atoms with van der Waals surface area (Å²) in [6, 6.07) is 11.1. The highest BCUT2D eigenvalue weighted by Crippen LogP contribution is 2.60. The second-order valence-electron chi connectivity index (χ2n) is 10.0.